The molecule has 3 fully saturated rings. The second-order valence-electron chi connectivity index (χ2n) is 8.87. The van der Waals surface area contributed by atoms with Crippen molar-refractivity contribution in [2.75, 3.05) is 57.9 Å². The molecule has 0 radical (unpaired) electrons. The predicted octanol–water partition coefficient (Wildman–Crippen LogP) is 2.38. The van der Waals surface area contributed by atoms with Crippen LogP contribution >= 0.6 is 0 Å². The molecular formula is C23H37N5O. The van der Waals surface area contributed by atoms with Gasteiger partial charge in [0.25, 0.3) is 0 Å². The van der Waals surface area contributed by atoms with Gasteiger partial charge in [-0.15, -0.1) is 0 Å². The van der Waals surface area contributed by atoms with E-state index in [1.54, 1.807) is 0 Å². The highest BCUT2D eigenvalue weighted by Gasteiger charge is 2.39. The van der Waals surface area contributed by atoms with Gasteiger partial charge in [-0.05, 0) is 64.3 Å². The van der Waals surface area contributed by atoms with Crippen molar-refractivity contribution in [2.45, 2.75) is 50.6 Å². The number of guanidine groups is 1. The monoisotopic (exact) mass is 399 g/mol. The lowest BCUT2D eigenvalue weighted by atomic mass is 9.88. The molecule has 3 aliphatic heterocycles. The number of anilines is 1. The van der Waals surface area contributed by atoms with Crippen LogP contribution in [0.15, 0.2) is 29.3 Å². The summed E-state index contributed by atoms with van der Waals surface area (Å²) in [5, 5.41) is 7.34. The van der Waals surface area contributed by atoms with Gasteiger partial charge in [0.05, 0.1) is 0 Å². The van der Waals surface area contributed by atoms with Gasteiger partial charge in [-0.1, -0.05) is 17.7 Å². The summed E-state index contributed by atoms with van der Waals surface area (Å²) in [6.07, 6.45) is 6.02. The van der Waals surface area contributed by atoms with Crippen molar-refractivity contribution in [1.29, 1.82) is 0 Å². The zero-order valence-electron chi connectivity index (χ0n) is 18.1. The van der Waals surface area contributed by atoms with Gasteiger partial charge in [-0.2, -0.15) is 0 Å². The molecule has 1 aromatic rings. The number of likely N-dealkylation sites (tertiary alicyclic amines) is 1. The summed E-state index contributed by atoms with van der Waals surface area (Å²) in [6.45, 7) is 9.40. The van der Waals surface area contributed by atoms with Gasteiger partial charge >= 0.3 is 0 Å². The third-order valence-corrected chi connectivity index (χ3v) is 6.94. The van der Waals surface area contributed by atoms with Crippen LogP contribution in [0.4, 0.5) is 5.69 Å². The fourth-order valence-corrected chi connectivity index (χ4v) is 5.05. The number of benzene rings is 1. The van der Waals surface area contributed by atoms with Gasteiger partial charge < -0.3 is 20.3 Å². The molecule has 3 saturated heterocycles. The molecule has 160 valence electrons. The molecule has 29 heavy (non-hydrogen) atoms. The van der Waals surface area contributed by atoms with Crippen molar-refractivity contribution >= 4 is 11.6 Å². The van der Waals surface area contributed by atoms with Crippen LogP contribution in [0, 0.1) is 6.92 Å². The fraction of sp³-hybridized carbons (Fsp3) is 0.696. The first-order chi connectivity index (χ1) is 14.2. The average molecular weight is 400 g/mol. The number of aryl methyl sites for hydroxylation is 1. The molecule has 0 spiro atoms. The van der Waals surface area contributed by atoms with Crippen molar-refractivity contribution in [2.24, 2.45) is 4.99 Å². The molecule has 1 atom stereocenters. The first kappa shape index (κ1) is 20.5. The SMILES string of the molecule is CN=C(NCC1(N2CCCC2)CCOCC1)NC1CCN(c2ccc(C)cc2)C1. The second kappa shape index (κ2) is 9.35. The lowest BCUT2D eigenvalue weighted by Crippen LogP contribution is -2.59. The minimum atomic E-state index is 0.218. The van der Waals surface area contributed by atoms with Crippen LogP contribution < -0.4 is 15.5 Å². The van der Waals surface area contributed by atoms with Gasteiger partial charge in [0, 0.05) is 57.2 Å². The first-order valence-corrected chi connectivity index (χ1v) is 11.3. The molecule has 0 aliphatic carbocycles. The fourth-order valence-electron chi connectivity index (χ4n) is 5.05. The van der Waals surface area contributed by atoms with E-state index >= 15 is 0 Å². The van der Waals surface area contributed by atoms with E-state index in [4.69, 9.17) is 4.74 Å². The molecule has 1 unspecified atom stereocenters. The molecule has 0 amide bonds. The van der Waals surface area contributed by atoms with Crippen LogP contribution in [0.2, 0.25) is 0 Å². The number of hydrogen-bond donors (Lipinski definition) is 2. The molecule has 0 bridgehead atoms. The second-order valence-corrected chi connectivity index (χ2v) is 8.87. The molecule has 2 N–H and O–H groups in total. The lowest BCUT2D eigenvalue weighted by molar-refractivity contribution is -0.0164. The van der Waals surface area contributed by atoms with Crippen LogP contribution in [-0.2, 0) is 4.74 Å². The summed E-state index contributed by atoms with van der Waals surface area (Å²) in [5.41, 5.74) is 2.85. The molecule has 1 aromatic carbocycles. The topological polar surface area (TPSA) is 52.1 Å². The van der Waals surface area contributed by atoms with Gasteiger partial charge in [0.1, 0.15) is 0 Å². The van der Waals surface area contributed by atoms with E-state index in [1.165, 1.54) is 37.2 Å². The van der Waals surface area contributed by atoms with E-state index in [0.717, 1.165) is 58.1 Å². The summed E-state index contributed by atoms with van der Waals surface area (Å²) < 4.78 is 5.68. The highest BCUT2D eigenvalue weighted by molar-refractivity contribution is 5.80. The Morgan fingerprint density at radius 3 is 2.55 bits per heavy atom. The molecule has 0 aromatic heterocycles. The standard InChI is InChI=1S/C23H37N5O/c1-19-5-7-21(8-6-19)27-14-9-20(17-27)26-22(24-2)25-18-23(10-15-29-16-11-23)28-12-3-4-13-28/h5-8,20H,3-4,9-18H2,1-2H3,(H2,24,25,26). The van der Waals surface area contributed by atoms with Crippen LogP contribution in [-0.4, -0.2) is 75.4 Å². The Morgan fingerprint density at radius 1 is 1.14 bits per heavy atom. The van der Waals surface area contributed by atoms with Crippen LogP contribution in [0.1, 0.15) is 37.7 Å². The minimum Gasteiger partial charge on any atom is -0.381 e. The van der Waals surface area contributed by atoms with Crippen LogP contribution in [0.3, 0.4) is 0 Å². The smallest absolute Gasteiger partial charge is 0.191 e. The Balaban J connectivity index is 1.32. The largest absolute Gasteiger partial charge is 0.381 e. The van der Waals surface area contributed by atoms with Gasteiger partial charge in [-0.3, -0.25) is 9.89 Å². The van der Waals surface area contributed by atoms with Crippen molar-refractivity contribution in [3.05, 3.63) is 29.8 Å². The molecular weight excluding hydrogens is 362 g/mol. The molecule has 3 aliphatic rings. The Kier molecular flexibility index (Phi) is 6.60. The summed E-state index contributed by atoms with van der Waals surface area (Å²) in [5.74, 6) is 0.936. The van der Waals surface area contributed by atoms with E-state index in [0.29, 0.717) is 6.04 Å². The number of ether oxygens (including phenoxy) is 1. The molecule has 0 saturated carbocycles. The summed E-state index contributed by atoms with van der Waals surface area (Å²) in [6, 6.07) is 9.29. The summed E-state index contributed by atoms with van der Waals surface area (Å²) in [4.78, 5) is 9.69. The number of hydrogen-bond acceptors (Lipinski definition) is 4. The van der Waals surface area contributed by atoms with Gasteiger partial charge in [0.15, 0.2) is 5.96 Å². The van der Waals surface area contributed by atoms with E-state index in [-0.39, 0.29) is 5.54 Å². The predicted molar refractivity (Wildman–Crippen MR) is 120 cm³/mol. The molecule has 3 heterocycles. The minimum absolute atomic E-state index is 0.218. The maximum Gasteiger partial charge on any atom is 0.191 e. The highest BCUT2D eigenvalue weighted by Crippen LogP contribution is 2.30. The van der Waals surface area contributed by atoms with Crippen LogP contribution in [0.25, 0.3) is 0 Å². The van der Waals surface area contributed by atoms with Crippen molar-refractivity contribution in [3.63, 3.8) is 0 Å². The third kappa shape index (κ3) is 4.86. The van der Waals surface area contributed by atoms with Crippen LogP contribution in [0.5, 0.6) is 0 Å². The Bertz CT molecular complexity index is 677. The van der Waals surface area contributed by atoms with Gasteiger partial charge in [-0.25, -0.2) is 0 Å². The zero-order valence-corrected chi connectivity index (χ0v) is 18.1. The van der Waals surface area contributed by atoms with E-state index in [1.807, 2.05) is 7.05 Å². The molecule has 4 rings (SSSR count). The van der Waals surface area contributed by atoms with Gasteiger partial charge in [0.2, 0.25) is 0 Å². The number of rotatable bonds is 5. The normalized spacial score (nSPS) is 25.4. The van der Waals surface area contributed by atoms with E-state index < -0.39 is 0 Å². The van der Waals surface area contributed by atoms with Crippen molar-refractivity contribution in [3.8, 4) is 0 Å². The first-order valence-electron chi connectivity index (χ1n) is 11.3. The maximum absolute atomic E-state index is 5.68. The average Bonchev–Trinajstić information content (AvgIpc) is 3.45. The summed E-state index contributed by atoms with van der Waals surface area (Å²) >= 11 is 0. The van der Waals surface area contributed by atoms with E-state index in [2.05, 4.69) is 56.6 Å². The number of nitrogens with zero attached hydrogens (tertiary/aromatic N) is 3. The number of nitrogens with one attached hydrogen (secondary N) is 2. The number of aliphatic imine (C=N–C) groups is 1. The molecule has 6 nitrogen and oxygen atoms in total. The summed E-state index contributed by atoms with van der Waals surface area (Å²) in [7, 11) is 1.88. The quantitative estimate of drug-likeness (QED) is 0.588. The van der Waals surface area contributed by atoms with Crippen molar-refractivity contribution < 1.29 is 4.74 Å². The Morgan fingerprint density at radius 2 is 1.86 bits per heavy atom. The zero-order chi connectivity index (χ0) is 20.1. The third-order valence-electron chi connectivity index (χ3n) is 6.94. The maximum atomic E-state index is 5.68. The highest BCUT2D eigenvalue weighted by atomic mass is 16.5. The Labute approximate surface area is 175 Å². The van der Waals surface area contributed by atoms with E-state index in [9.17, 15) is 0 Å². The van der Waals surface area contributed by atoms with Crippen molar-refractivity contribution in [1.82, 2.24) is 15.5 Å². The molecule has 6 heteroatoms. The Hall–Kier alpha value is -1.79. The lowest BCUT2D eigenvalue weighted by Gasteiger charge is -2.45.